The molecular weight excluding hydrogens is 431 g/mol. The number of nitrogens with zero attached hydrogens (tertiary/aromatic N) is 4. The predicted molar refractivity (Wildman–Crippen MR) is 111 cm³/mol. The minimum atomic E-state index is 0. The van der Waals surface area contributed by atoms with Crippen LogP contribution in [0.3, 0.4) is 0 Å². The molecule has 25 heavy (non-hydrogen) atoms. The van der Waals surface area contributed by atoms with Gasteiger partial charge in [-0.15, -0.1) is 24.0 Å². The number of nitrogens with one attached hydrogen (secondary N) is 2. The fraction of sp³-hybridized carbons (Fsp3) is 0.706. The maximum atomic E-state index is 11.5. The predicted octanol–water partition coefficient (Wildman–Crippen LogP) is 1.56. The molecular formula is C17H31IN6O. The topological polar surface area (TPSA) is 74.5 Å². The highest BCUT2D eigenvalue weighted by Gasteiger charge is 2.23. The highest BCUT2D eigenvalue weighted by Crippen LogP contribution is 2.20. The lowest BCUT2D eigenvalue weighted by Crippen LogP contribution is -2.47. The first-order chi connectivity index (χ1) is 11.6. The molecule has 7 nitrogen and oxygen atoms in total. The minimum absolute atomic E-state index is 0. The van der Waals surface area contributed by atoms with E-state index in [-0.39, 0.29) is 29.9 Å². The Morgan fingerprint density at radius 3 is 2.68 bits per heavy atom. The van der Waals surface area contributed by atoms with E-state index in [4.69, 9.17) is 0 Å². The molecule has 1 atom stereocenters. The van der Waals surface area contributed by atoms with Crippen LogP contribution in [0.1, 0.15) is 26.2 Å². The number of aromatic nitrogens is 2. The van der Waals surface area contributed by atoms with Gasteiger partial charge in [0, 0.05) is 59.1 Å². The Hall–Kier alpha value is -1.32. The van der Waals surface area contributed by atoms with Crippen LogP contribution in [0.2, 0.25) is 0 Å². The lowest BCUT2D eigenvalue weighted by atomic mass is 9.93. The number of likely N-dealkylation sites (tertiary alicyclic amines) is 1. The number of hydrogen-bond donors (Lipinski definition) is 2. The molecule has 1 aromatic rings. The first kappa shape index (κ1) is 21.7. The van der Waals surface area contributed by atoms with Crippen molar-refractivity contribution < 1.29 is 4.79 Å². The minimum Gasteiger partial charge on any atom is -0.359 e. The Balaban J connectivity index is 0.00000312. The van der Waals surface area contributed by atoms with E-state index in [1.807, 2.05) is 30.2 Å². The van der Waals surface area contributed by atoms with E-state index in [2.05, 4.69) is 32.5 Å². The molecule has 2 rings (SSSR count). The smallest absolute Gasteiger partial charge is 0.220 e. The number of aliphatic imine (C=N–C) groups is 1. The monoisotopic (exact) mass is 462 g/mol. The Bertz CT molecular complexity index is 525. The van der Waals surface area contributed by atoms with Crippen molar-refractivity contribution in [3.05, 3.63) is 18.5 Å². The van der Waals surface area contributed by atoms with Crippen molar-refractivity contribution in [3.8, 4) is 0 Å². The molecule has 0 aromatic carbocycles. The van der Waals surface area contributed by atoms with Gasteiger partial charge in [-0.25, -0.2) is 0 Å². The molecule has 1 fully saturated rings. The molecule has 2 N–H and O–H groups in total. The van der Waals surface area contributed by atoms with Gasteiger partial charge in [-0.2, -0.15) is 5.10 Å². The summed E-state index contributed by atoms with van der Waals surface area (Å²) in [5.41, 5.74) is 0. The van der Waals surface area contributed by atoms with Crippen molar-refractivity contribution in [1.29, 1.82) is 0 Å². The summed E-state index contributed by atoms with van der Waals surface area (Å²) in [6, 6.07) is 1.95. The highest BCUT2D eigenvalue weighted by molar-refractivity contribution is 14.0. The van der Waals surface area contributed by atoms with Crippen LogP contribution in [-0.4, -0.2) is 60.3 Å². The highest BCUT2D eigenvalue weighted by atomic mass is 127. The Kier molecular flexibility index (Phi) is 9.84. The van der Waals surface area contributed by atoms with E-state index >= 15 is 0 Å². The molecule has 0 spiro atoms. The summed E-state index contributed by atoms with van der Waals surface area (Å²) in [7, 11) is 3.53. The number of rotatable bonds is 6. The molecule has 0 saturated carbocycles. The zero-order valence-electron chi connectivity index (χ0n) is 15.4. The molecule has 2 heterocycles. The summed E-state index contributed by atoms with van der Waals surface area (Å²) in [6.45, 7) is 5.87. The van der Waals surface area contributed by atoms with Gasteiger partial charge in [0.25, 0.3) is 0 Å². The van der Waals surface area contributed by atoms with E-state index in [0.29, 0.717) is 18.3 Å². The number of carbonyl (C=O) groups is 1. The number of amides is 1. The quantitative estimate of drug-likeness (QED) is 0.383. The van der Waals surface area contributed by atoms with Crippen LogP contribution in [0.15, 0.2) is 23.5 Å². The molecule has 1 amide bonds. The normalized spacial score (nSPS) is 16.9. The SMILES string of the molecule is CN=C(NCC(C)Cn1cccn1)N1CCC(CC(=O)NC)CC1.I. The summed E-state index contributed by atoms with van der Waals surface area (Å²) >= 11 is 0. The number of halogens is 1. The molecule has 8 heteroatoms. The average molecular weight is 462 g/mol. The molecule has 1 aliphatic heterocycles. The van der Waals surface area contributed by atoms with Crippen molar-refractivity contribution in [2.45, 2.75) is 32.7 Å². The molecule has 1 saturated heterocycles. The molecule has 0 radical (unpaired) electrons. The van der Waals surface area contributed by atoms with Gasteiger partial charge < -0.3 is 15.5 Å². The van der Waals surface area contributed by atoms with Crippen LogP contribution in [0.5, 0.6) is 0 Å². The third-order valence-corrected chi connectivity index (χ3v) is 4.55. The van der Waals surface area contributed by atoms with Gasteiger partial charge in [-0.1, -0.05) is 6.92 Å². The lowest BCUT2D eigenvalue weighted by molar-refractivity contribution is -0.121. The lowest BCUT2D eigenvalue weighted by Gasteiger charge is -2.34. The largest absolute Gasteiger partial charge is 0.359 e. The second-order valence-corrected chi connectivity index (χ2v) is 6.57. The van der Waals surface area contributed by atoms with Crippen LogP contribution < -0.4 is 10.6 Å². The number of carbonyl (C=O) groups excluding carboxylic acids is 1. The van der Waals surface area contributed by atoms with Crippen LogP contribution >= 0.6 is 24.0 Å². The summed E-state index contributed by atoms with van der Waals surface area (Å²) in [5, 5.41) is 10.4. The van der Waals surface area contributed by atoms with Crippen molar-refractivity contribution in [3.63, 3.8) is 0 Å². The summed E-state index contributed by atoms with van der Waals surface area (Å²) in [4.78, 5) is 18.2. The van der Waals surface area contributed by atoms with Crippen molar-refractivity contribution >= 4 is 35.8 Å². The van der Waals surface area contributed by atoms with E-state index in [9.17, 15) is 4.79 Å². The van der Waals surface area contributed by atoms with Crippen LogP contribution in [0.25, 0.3) is 0 Å². The third kappa shape index (κ3) is 7.21. The maximum absolute atomic E-state index is 11.5. The van der Waals surface area contributed by atoms with Gasteiger partial charge in [0.05, 0.1) is 0 Å². The molecule has 142 valence electrons. The molecule has 1 unspecified atom stereocenters. The van der Waals surface area contributed by atoms with E-state index in [0.717, 1.165) is 45.0 Å². The number of guanidine groups is 1. The second kappa shape index (κ2) is 11.3. The van der Waals surface area contributed by atoms with Crippen molar-refractivity contribution in [2.75, 3.05) is 33.7 Å². The fourth-order valence-corrected chi connectivity index (χ4v) is 3.10. The fourth-order valence-electron chi connectivity index (χ4n) is 3.10. The van der Waals surface area contributed by atoms with Crippen molar-refractivity contribution in [2.24, 2.45) is 16.8 Å². The van der Waals surface area contributed by atoms with Gasteiger partial charge in [0.1, 0.15) is 0 Å². The van der Waals surface area contributed by atoms with Crippen LogP contribution in [-0.2, 0) is 11.3 Å². The van der Waals surface area contributed by atoms with Gasteiger partial charge in [-0.3, -0.25) is 14.5 Å². The summed E-state index contributed by atoms with van der Waals surface area (Å²) in [6.07, 6.45) is 6.51. The van der Waals surface area contributed by atoms with Gasteiger partial charge in [0.2, 0.25) is 5.91 Å². The Morgan fingerprint density at radius 1 is 1.40 bits per heavy atom. The van der Waals surface area contributed by atoms with Crippen molar-refractivity contribution in [1.82, 2.24) is 25.3 Å². The molecule has 0 aliphatic carbocycles. The van der Waals surface area contributed by atoms with E-state index < -0.39 is 0 Å². The standard InChI is InChI=1S/C17H30N6O.HI/c1-14(13-23-8-4-7-21-23)12-20-17(19-3)22-9-5-15(6-10-22)11-16(24)18-2;/h4,7-8,14-15H,5-6,9-13H2,1-3H3,(H,18,24)(H,19,20);1H. The summed E-state index contributed by atoms with van der Waals surface area (Å²) in [5.74, 6) is 2.05. The van der Waals surface area contributed by atoms with Gasteiger partial charge >= 0.3 is 0 Å². The van der Waals surface area contributed by atoms with E-state index in [1.165, 1.54) is 0 Å². The first-order valence-corrected chi connectivity index (χ1v) is 8.76. The first-order valence-electron chi connectivity index (χ1n) is 8.76. The van der Waals surface area contributed by atoms with Gasteiger partial charge in [-0.05, 0) is 30.7 Å². The Morgan fingerprint density at radius 2 is 2.12 bits per heavy atom. The second-order valence-electron chi connectivity index (χ2n) is 6.57. The molecule has 0 bridgehead atoms. The number of piperidine rings is 1. The van der Waals surface area contributed by atoms with E-state index in [1.54, 1.807) is 7.05 Å². The number of hydrogen-bond acceptors (Lipinski definition) is 3. The Labute approximate surface area is 167 Å². The maximum Gasteiger partial charge on any atom is 0.220 e. The van der Waals surface area contributed by atoms with Crippen LogP contribution in [0, 0.1) is 11.8 Å². The molecule has 1 aliphatic rings. The van der Waals surface area contributed by atoms with Gasteiger partial charge in [0.15, 0.2) is 5.96 Å². The molecule has 1 aromatic heterocycles. The van der Waals surface area contributed by atoms with Crippen LogP contribution in [0.4, 0.5) is 0 Å². The zero-order valence-corrected chi connectivity index (χ0v) is 17.8. The zero-order chi connectivity index (χ0) is 17.4. The third-order valence-electron chi connectivity index (χ3n) is 4.55. The average Bonchev–Trinajstić information content (AvgIpc) is 3.09. The summed E-state index contributed by atoms with van der Waals surface area (Å²) < 4.78 is 1.96.